The van der Waals surface area contributed by atoms with Crippen molar-refractivity contribution in [1.82, 2.24) is 15.1 Å². The van der Waals surface area contributed by atoms with E-state index in [0.717, 1.165) is 57.2 Å². The van der Waals surface area contributed by atoms with Crippen LogP contribution in [0.25, 0.3) is 0 Å². The molecule has 2 aliphatic heterocycles. The van der Waals surface area contributed by atoms with E-state index < -0.39 is 0 Å². The van der Waals surface area contributed by atoms with Crippen LogP contribution in [0.3, 0.4) is 0 Å². The number of piperidine rings is 1. The number of nitrogens with zero attached hydrogens (tertiary/aromatic N) is 2. The molecule has 2 N–H and O–H groups in total. The zero-order chi connectivity index (χ0) is 15.9. The van der Waals surface area contributed by atoms with Crippen LogP contribution in [0.1, 0.15) is 46.0 Å². The second-order valence-electron chi connectivity index (χ2n) is 7.32. The fourth-order valence-electron chi connectivity index (χ4n) is 4.02. The van der Waals surface area contributed by atoms with E-state index in [4.69, 9.17) is 0 Å². The van der Waals surface area contributed by atoms with Crippen LogP contribution in [0.4, 0.5) is 4.79 Å². The minimum absolute atomic E-state index is 0.00299. The molecule has 2 saturated heterocycles. The summed E-state index contributed by atoms with van der Waals surface area (Å²) in [7, 11) is 0. The Morgan fingerprint density at radius 1 is 1.23 bits per heavy atom. The van der Waals surface area contributed by atoms with E-state index in [9.17, 15) is 9.90 Å². The summed E-state index contributed by atoms with van der Waals surface area (Å²) in [6, 6.07) is 0.0214. The van der Waals surface area contributed by atoms with Gasteiger partial charge in [0.15, 0.2) is 0 Å². The molecule has 0 aromatic carbocycles. The maximum absolute atomic E-state index is 12.1. The van der Waals surface area contributed by atoms with E-state index >= 15 is 0 Å². The minimum Gasteiger partial charge on any atom is -0.394 e. The normalized spacial score (nSPS) is 29.8. The fourth-order valence-corrected chi connectivity index (χ4v) is 4.02. The van der Waals surface area contributed by atoms with Crippen molar-refractivity contribution in [2.75, 3.05) is 39.3 Å². The lowest BCUT2D eigenvalue weighted by atomic mass is 9.92. The molecule has 5 nitrogen and oxygen atoms in total. The van der Waals surface area contributed by atoms with Gasteiger partial charge in [-0.2, -0.15) is 0 Å². The highest BCUT2D eigenvalue weighted by Crippen LogP contribution is 2.21. The Hall–Kier alpha value is -0.810. The maximum Gasteiger partial charge on any atom is 0.317 e. The van der Waals surface area contributed by atoms with Crippen molar-refractivity contribution < 1.29 is 9.90 Å². The van der Waals surface area contributed by atoms with Gasteiger partial charge in [-0.3, -0.25) is 0 Å². The average Bonchev–Trinajstić information content (AvgIpc) is 2.94. The fraction of sp³-hybridized carbons (Fsp3) is 0.941. The van der Waals surface area contributed by atoms with Gasteiger partial charge in [0.1, 0.15) is 0 Å². The van der Waals surface area contributed by atoms with Crippen molar-refractivity contribution in [2.45, 2.75) is 52.0 Å². The van der Waals surface area contributed by atoms with Crippen LogP contribution in [-0.4, -0.2) is 66.3 Å². The summed E-state index contributed by atoms with van der Waals surface area (Å²) in [5, 5.41) is 12.3. The van der Waals surface area contributed by atoms with Gasteiger partial charge in [-0.1, -0.05) is 13.8 Å². The van der Waals surface area contributed by atoms with Crippen molar-refractivity contribution in [2.24, 2.45) is 11.8 Å². The smallest absolute Gasteiger partial charge is 0.317 e. The number of hydrogen-bond donors (Lipinski definition) is 2. The average molecular weight is 311 g/mol. The first kappa shape index (κ1) is 17.5. The number of carbonyl (C=O) groups is 1. The number of amides is 2. The molecule has 0 radical (unpaired) electrons. The Bertz CT molecular complexity index is 341. The van der Waals surface area contributed by atoms with Crippen molar-refractivity contribution >= 4 is 6.03 Å². The highest BCUT2D eigenvalue weighted by atomic mass is 16.3. The molecule has 2 rings (SSSR count). The molecule has 0 aromatic heterocycles. The number of aliphatic hydroxyl groups excluding tert-OH is 1. The van der Waals surface area contributed by atoms with Gasteiger partial charge < -0.3 is 20.2 Å². The zero-order valence-electron chi connectivity index (χ0n) is 14.3. The van der Waals surface area contributed by atoms with E-state index in [-0.39, 0.29) is 18.7 Å². The quantitative estimate of drug-likeness (QED) is 0.737. The Balaban J connectivity index is 1.56. The molecule has 5 heteroatoms. The molecular formula is C17H33N3O2. The molecule has 2 fully saturated rings. The van der Waals surface area contributed by atoms with Crippen LogP contribution >= 0.6 is 0 Å². The molecule has 128 valence electrons. The van der Waals surface area contributed by atoms with E-state index in [1.807, 2.05) is 0 Å². The number of carbonyl (C=O) groups excluding carboxylic acids is 1. The summed E-state index contributed by atoms with van der Waals surface area (Å²) in [5.41, 5.74) is 0. The SMILES string of the molecule is CC1CC(C)CN(CCCCNC(=O)N2CCCC2CO)C1. The number of rotatable bonds is 6. The number of likely N-dealkylation sites (tertiary alicyclic amines) is 2. The standard InChI is InChI=1S/C17H33N3O2/c1-14-10-15(2)12-19(11-14)8-4-3-7-18-17(22)20-9-5-6-16(20)13-21/h14-16,21H,3-13H2,1-2H3,(H,18,22). The van der Waals surface area contributed by atoms with Gasteiger partial charge in [0.25, 0.3) is 0 Å². The summed E-state index contributed by atoms with van der Waals surface area (Å²) in [6.45, 7) is 9.89. The second kappa shape index (κ2) is 8.73. The van der Waals surface area contributed by atoms with Crippen LogP contribution in [0.2, 0.25) is 0 Å². The van der Waals surface area contributed by atoms with E-state index in [1.54, 1.807) is 4.90 Å². The monoisotopic (exact) mass is 311 g/mol. The number of aliphatic hydroxyl groups is 1. The van der Waals surface area contributed by atoms with Gasteiger partial charge in [-0.25, -0.2) is 4.79 Å². The van der Waals surface area contributed by atoms with Crippen LogP contribution in [-0.2, 0) is 0 Å². The first-order valence-electron chi connectivity index (χ1n) is 8.97. The van der Waals surface area contributed by atoms with Crippen LogP contribution < -0.4 is 5.32 Å². The Kier molecular flexibility index (Phi) is 6.96. The van der Waals surface area contributed by atoms with Crippen molar-refractivity contribution in [3.63, 3.8) is 0 Å². The third-order valence-corrected chi connectivity index (χ3v) is 4.97. The molecule has 0 aliphatic carbocycles. The van der Waals surface area contributed by atoms with Gasteiger partial charge in [0.05, 0.1) is 12.6 Å². The molecule has 0 aromatic rings. The van der Waals surface area contributed by atoms with Gasteiger partial charge in [-0.05, 0) is 50.5 Å². The minimum atomic E-state index is -0.00299. The number of urea groups is 1. The lowest BCUT2D eigenvalue weighted by Gasteiger charge is -2.35. The molecule has 0 spiro atoms. The van der Waals surface area contributed by atoms with Gasteiger partial charge in [-0.15, -0.1) is 0 Å². The third kappa shape index (κ3) is 5.13. The zero-order valence-corrected chi connectivity index (χ0v) is 14.3. The maximum atomic E-state index is 12.1. The summed E-state index contributed by atoms with van der Waals surface area (Å²) in [4.78, 5) is 16.4. The molecule has 22 heavy (non-hydrogen) atoms. The molecule has 0 saturated carbocycles. The first-order chi connectivity index (χ1) is 10.6. The van der Waals surface area contributed by atoms with Crippen LogP contribution in [0.15, 0.2) is 0 Å². The summed E-state index contributed by atoms with van der Waals surface area (Å²) >= 11 is 0. The molecule has 2 amide bonds. The van der Waals surface area contributed by atoms with Gasteiger partial charge in [0.2, 0.25) is 0 Å². The van der Waals surface area contributed by atoms with E-state index in [1.165, 1.54) is 19.5 Å². The van der Waals surface area contributed by atoms with Gasteiger partial charge >= 0.3 is 6.03 Å². The molecule has 3 atom stereocenters. The van der Waals surface area contributed by atoms with E-state index in [2.05, 4.69) is 24.1 Å². The second-order valence-corrected chi connectivity index (χ2v) is 7.32. The summed E-state index contributed by atoms with van der Waals surface area (Å²) < 4.78 is 0. The molecule has 2 heterocycles. The van der Waals surface area contributed by atoms with Crippen LogP contribution in [0.5, 0.6) is 0 Å². The first-order valence-corrected chi connectivity index (χ1v) is 8.97. The summed E-state index contributed by atoms with van der Waals surface area (Å²) in [5.74, 6) is 1.63. The number of nitrogens with one attached hydrogen (secondary N) is 1. The Morgan fingerprint density at radius 3 is 2.64 bits per heavy atom. The largest absolute Gasteiger partial charge is 0.394 e. The Morgan fingerprint density at radius 2 is 1.95 bits per heavy atom. The predicted octanol–water partition coefficient (Wildman–Crippen LogP) is 1.91. The van der Waals surface area contributed by atoms with Crippen molar-refractivity contribution in [1.29, 1.82) is 0 Å². The highest BCUT2D eigenvalue weighted by molar-refractivity contribution is 5.74. The molecular weight excluding hydrogens is 278 g/mol. The van der Waals surface area contributed by atoms with E-state index in [0.29, 0.717) is 0 Å². The highest BCUT2D eigenvalue weighted by Gasteiger charge is 2.27. The predicted molar refractivity (Wildman–Crippen MR) is 88.8 cm³/mol. The third-order valence-electron chi connectivity index (χ3n) is 4.97. The lowest BCUT2D eigenvalue weighted by Crippen LogP contribution is -2.44. The lowest BCUT2D eigenvalue weighted by molar-refractivity contribution is 0.138. The number of unbranched alkanes of at least 4 members (excludes halogenated alkanes) is 1. The number of hydrogen-bond acceptors (Lipinski definition) is 3. The van der Waals surface area contributed by atoms with Crippen LogP contribution in [0, 0.1) is 11.8 Å². The molecule has 0 bridgehead atoms. The van der Waals surface area contributed by atoms with Crippen molar-refractivity contribution in [3.8, 4) is 0 Å². The van der Waals surface area contributed by atoms with Gasteiger partial charge in [0, 0.05) is 26.2 Å². The Labute approximate surface area is 135 Å². The van der Waals surface area contributed by atoms with Crippen molar-refractivity contribution in [3.05, 3.63) is 0 Å². The molecule has 2 aliphatic rings. The topological polar surface area (TPSA) is 55.8 Å². The summed E-state index contributed by atoms with van der Waals surface area (Å²) in [6.07, 6.45) is 5.46. The molecule has 3 unspecified atom stereocenters.